The standard InChI is InChI=1S/C11H24O4S.Na/c1-3-4-5-6-7-8-9-10-11(2,12)16(13,14)15;/h12H,3-10H2,1-2H3,(H,13,14,15);/q;+1/p-1. The van der Waals surface area contributed by atoms with Crippen molar-refractivity contribution >= 4 is 10.1 Å². The van der Waals surface area contributed by atoms with Crippen LogP contribution in [-0.2, 0) is 10.1 Å². The molecule has 0 fully saturated rings. The zero-order chi connectivity index (χ0) is 12.7. The molecule has 0 saturated carbocycles. The number of hydrogen-bond donors (Lipinski definition) is 1. The van der Waals surface area contributed by atoms with Crippen LogP contribution in [0.15, 0.2) is 0 Å². The summed E-state index contributed by atoms with van der Waals surface area (Å²) in [6.07, 6.45) is 7.29. The van der Waals surface area contributed by atoms with Crippen molar-refractivity contribution in [1.82, 2.24) is 0 Å². The van der Waals surface area contributed by atoms with Gasteiger partial charge in [-0.15, -0.1) is 0 Å². The van der Waals surface area contributed by atoms with Gasteiger partial charge in [-0.25, -0.2) is 8.42 Å². The molecule has 17 heavy (non-hydrogen) atoms. The Morgan fingerprint density at radius 1 is 1.06 bits per heavy atom. The molecule has 0 aromatic rings. The van der Waals surface area contributed by atoms with Gasteiger partial charge in [0.25, 0.3) is 0 Å². The van der Waals surface area contributed by atoms with Crippen LogP contribution in [0.25, 0.3) is 0 Å². The Hall–Kier alpha value is 0.870. The zero-order valence-corrected chi connectivity index (χ0v) is 14.1. The summed E-state index contributed by atoms with van der Waals surface area (Å²) in [5.74, 6) is 0. The summed E-state index contributed by atoms with van der Waals surface area (Å²) in [5, 5.41) is 9.39. The molecule has 1 unspecified atom stereocenters. The molecule has 6 heteroatoms. The molecule has 0 bridgehead atoms. The van der Waals surface area contributed by atoms with E-state index in [0.717, 1.165) is 26.2 Å². The summed E-state index contributed by atoms with van der Waals surface area (Å²) in [7, 11) is -4.60. The minimum atomic E-state index is -4.60. The van der Waals surface area contributed by atoms with Gasteiger partial charge in [0.2, 0.25) is 0 Å². The van der Waals surface area contributed by atoms with Crippen molar-refractivity contribution < 1.29 is 47.6 Å². The van der Waals surface area contributed by atoms with E-state index in [0.29, 0.717) is 6.42 Å². The maximum atomic E-state index is 10.7. The number of aliphatic hydroxyl groups is 1. The van der Waals surface area contributed by atoms with Crippen LogP contribution in [0.1, 0.15) is 65.2 Å². The minimum Gasteiger partial charge on any atom is -0.746 e. The van der Waals surface area contributed by atoms with Crippen LogP contribution >= 0.6 is 0 Å². The summed E-state index contributed by atoms with van der Waals surface area (Å²) in [5.41, 5.74) is 0. The topological polar surface area (TPSA) is 77.4 Å². The SMILES string of the molecule is CCCCCCCCCC(C)(O)S(=O)(=O)[O-].[Na+]. The second-order valence-electron chi connectivity index (χ2n) is 4.50. The van der Waals surface area contributed by atoms with Crippen molar-refractivity contribution in [3.8, 4) is 0 Å². The second-order valence-corrected chi connectivity index (χ2v) is 6.29. The molecule has 98 valence electrons. The van der Waals surface area contributed by atoms with Crippen molar-refractivity contribution in [2.75, 3.05) is 0 Å². The fourth-order valence-electron chi connectivity index (χ4n) is 1.54. The van der Waals surface area contributed by atoms with E-state index in [1.165, 1.54) is 19.3 Å². The van der Waals surface area contributed by atoms with Gasteiger partial charge in [0.05, 0.1) is 0 Å². The van der Waals surface area contributed by atoms with Gasteiger partial charge in [0.15, 0.2) is 4.93 Å². The number of hydrogen-bond acceptors (Lipinski definition) is 4. The first kappa shape index (κ1) is 20.2. The summed E-state index contributed by atoms with van der Waals surface area (Å²) in [6.45, 7) is 3.22. The molecule has 0 aliphatic carbocycles. The van der Waals surface area contributed by atoms with E-state index in [1.807, 2.05) is 0 Å². The molecule has 0 aromatic carbocycles. The molecule has 0 aliphatic heterocycles. The van der Waals surface area contributed by atoms with Crippen LogP contribution in [-0.4, -0.2) is 23.0 Å². The van der Waals surface area contributed by atoms with Crippen LogP contribution < -0.4 is 29.6 Å². The molecule has 1 N–H and O–H groups in total. The molecule has 0 saturated heterocycles. The first-order chi connectivity index (χ1) is 7.31. The third-order valence-corrected chi connectivity index (χ3v) is 4.06. The van der Waals surface area contributed by atoms with Crippen LogP contribution in [0.4, 0.5) is 0 Å². The van der Waals surface area contributed by atoms with Crippen molar-refractivity contribution in [2.24, 2.45) is 0 Å². The van der Waals surface area contributed by atoms with Gasteiger partial charge < -0.3 is 9.66 Å². The average Bonchev–Trinajstić information content (AvgIpc) is 2.14. The third kappa shape index (κ3) is 9.45. The number of rotatable bonds is 9. The molecule has 4 nitrogen and oxygen atoms in total. The second kappa shape index (κ2) is 9.75. The van der Waals surface area contributed by atoms with Crippen LogP contribution in [0.2, 0.25) is 0 Å². The van der Waals surface area contributed by atoms with E-state index in [4.69, 9.17) is 0 Å². The van der Waals surface area contributed by atoms with Crippen molar-refractivity contribution in [3.05, 3.63) is 0 Å². The third-order valence-electron chi connectivity index (χ3n) is 2.78. The summed E-state index contributed by atoms with van der Waals surface area (Å²) >= 11 is 0. The van der Waals surface area contributed by atoms with E-state index in [1.54, 1.807) is 0 Å². The largest absolute Gasteiger partial charge is 1.00 e. The molecule has 0 amide bonds. The summed E-state index contributed by atoms with van der Waals surface area (Å²) in [6, 6.07) is 0. The monoisotopic (exact) mass is 274 g/mol. The molecule has 0 heterocycles. The fraction of sp³-hybridized carbons (Fsp3) is 1.00. The normalized spacial score (nSPS) is 15.1. The van der Waals surface area contributed by atoms with Gasteiger partial charge in [-0.3, -0.25) is 0 Å². The summed E-state index contributed by atoms with van der Waals surface area (Å²) in [4.78, 5) is -2.10. The first-order valence-electron chi connectivity index (χ1n) is 5.99. The van der Waals surface area contributed by atoms with Gasteiger partial charge in [-0.2, -0.15) is 0 Å². The summed E-state index contributed by atoms with van der Waals surface area (Å²) < 4.78 is 32.0. The Morgan fingerprint density at radius 2 is 1.47 bits per heavy atom. The Morgan fingerprint density at radius 3 is 1.88 bits per heavy atom. The predicted octanol–water partition coefficient (Wildman–Crippen LogP) is -0.615. The van der Waals surface area contributed by atoms with Crippen molar-refractivity contribution in [1.29, 1.82) is 0 Å². The molecule has 0 spiro atoms. The fourth-order valence-corrected chi connectivity index (χ4v) is 1.93. The Labute approximate surface area is 127 Å². The van der Waals surface area contributed by atoms with Crippen molar-refractivity contribution in [3.63, 3.8) is 0 Å². The molecule has 0 radical (unpaired) electrons. The van der Waals surface area contributed by atoms with Gasteiger partial charge in [0.1, 0.15) is 10.1 Å². The molecule has 0 rings (SSSR count). The first-order valence-corrected chi connectivity index (χ1v) is 7.40. The predicted molar refractivity (Wildman–Crippen MR) is 62.9 cm³/mol. The maximum Gasteiger partial charge on any atom is 1.00 e. The van der Waals surface area contributed by atoms with Gasteiger partial charge in [0, 0.05) is 0 Å². The Kier molecular flexibility index (Phi) is 11.6. The van der Waals surface area contributed by atoms with E-state index in [2.05, 4.69) is 6.92 Å². The maximum absolute atomic E-state index is 10.7. The van der Waals surface area contributed by atoms with E-state index in [9.17, 15) is 18.1 Å². The molecule has 1 atom stereocenters. The van der Waals surface area contributed by atoms with Gasteiger partial charge in [-0.1, -0.05) is 45.4 Å². The van der Waals surface area contributed by atoms with Crippen LogP contribution in [0, 0.1) is 0 Å². The number of unbranched alkanes of at least 4 members (excludes halogenated alkanes) is 6. The molecule has 0 aromatic heterocycles. The van der Waals surface area contributed by atoms with E-state index in [-0.39, 0.29) is 36.0 Å². The molecular formula is C11H23NaO4S. The molecular weight excluding hydrogens is 251 g/mol. The van der Waals surface area contributed by atoms with Crippen LogP contribution in [0.3, 0.4) is 0 Å². The van der Waals surface area contributed by atoms with E-state index >= 15 is 0 Å². The van der Waals surface area contributed by atoms with Gasteiger partial charge in [-0.05, 0) is 19.8 Å². The minimum absolute atomic E-state index is 0. The Balaban J connectivity index is 0. The smallest absolute Gasteiger partial charge is 0.746 e. The Bertz CT molecular complexity index is 275. The average molecular weight is 274 g/mol. The van der Waals surface area contributed by atoms with E-state index < -0.39 is 15.1 Å². The van der Waals surface area contributed by atoms with Crippen molar-refractivity contribution in [2.45, 2.75) is 70.1 Å². The van der Waals surface area contributed by atoms with Gasteiger partial charge >= 0.3 is 29.6 Å². The quantitative estimate of drug-likeness (QED) is 0.345. The van der Waals surface area contributed by atoms with Crippen LogP contribution in [0.5, 0.6) is 0 Å². The zero-order valence-electron chi connectivity index (χ0n) is 11.2. The molecule has 0 aliphatic rings.